The van der Waals surface area contributed by atoms with E-state index in [9.17, 15) is 14.0 Å². The maximum atomic E-state index is 13.9. The molecule has 0 spiro atoms. The molecule has 124 valence electrons. The van der Waals surface area contributed by atoms with E-state index in [2.05, 4.69) is 5.32 Å². The lowest BCUT2D eigenvalue weighted by molar-refractivity contribution is -0.123. The molecule has 0 aliphatic heterocycles. The van der Waals surface area contributed by atoms with Gasteiger partial charge >= 0.3 is 0 Å². The van der Waals surface area contributed by atoms with E-state index in [-0.39, 0.29) is 43.5 Å². The second-order valence-corrected chi connectivity index (χ2v) is 5.33. The third-order valence-electron chi connectivity index (χ3n) is 3.24. The molecule has 0 aliphatic rings. The minimum atomic E-state index is -0.824. The van der Waals surface area contributed by atoms with Crippen molar-refractivity contribution >= 4 is 24.2 Å². The van der Waals surface area contributed by atoms with Crippen molar-refractivity contribution in [3.8, 4) is 0 Å². The summed E-state index contributed by atoms with van der Waals surface area (Å²) in [4.78, 5) is 22.3. The van der Waals surface area contributed by atoms with Crippen LogP contribution in [0.1, 0.15) is 43.7 Å². The molecule has 2 amide bonds. The second-order valence-electron chi connectivity index (χ2n) is 5.33. The molecule has 1 unspecified atom stereocenters. The van der Waals surface area contributed by atoms with Crippen LogP contribution in [-0.2, 0) is 16.1 Å². The van der Waals surface area contributed by atoms with Crippen molar-refractivity contribution in [3.63, 3.8) is 0 Å². The van der Waals surface area contributed by atoms with E-state index in [1.165, 1.54) is 6.07 Å². The fraction of sp³-hybridized carbons (Fsp3) is 0.467. The van der Waals surface area contributed by atoms with Crippen LogP contribution in [0.2, 0.25) is 0 Å². The maximum Gasteiger partial charge on any atom is 0.237 e. The predicted molar refractivity (Wildman–Crippen MR) is 86.0 cm³/mol. The van der Waals surface area contributed by atoms with Gasteiger partial charge in [0, 0.05) is 18.5 Å². The number of primary amides is 1. The molecule has 0 heterocycles. The molecule has 0 radical (unpaired) electrons. The zero-order valence-electron chi connectivity index (χ0n) is 12.8. The van der Waals surface area contributed by atoms with Gasteiger partial charge in [0.25, 0.3) is 0 Å². The lowest BCUT2D eigenvalue weighted by Crippen LogP contribution is -2.40. The van der Waals surface area contributed by atoms with Gasteiger partial charge in [-0.15, -0.1) is 12.4 Å². The van der Waals surface area contributed by atoms with Crippen LogP contribution in [0.4, 0.5) is 4.39 Å². The van der Waals surface area contributed by atoms with Crippen molar-refractivity contribution < 1.29 is 14.0 Å². The largest absolute Gasteiger partial charge is 0.370 e. The van der Waals surface area contributed by atoms with Crippen molar-refractivity contribution in [2.24, 2.45) is 11.5 Å². The van der Waals surface area contributed by atoms with Crippen molar-refractivity contribution in [2.75, 3.05) is 0 Å². The number of hydrogen-bond acceptors (Lipinski definition) is 3. The number of halogens is 2. The Kier molecular flexibility index (Phi) is 8.67. The number of nitrogens with two attached hydrogens (primary N) is 2. The predicted octanol–water partition coefficient (Wildman–Crippen LogP) is 1.58. The fourth-order valence-electron chi connectivity index (χ4n) is 1.81. The van der Waals surface area contributed by atoms with Gasteiger partial charge in [0.1, 0.15) is 5.82 Å². The topological polar surface area (TPSA) is 98.2 Å². The normalized spacial score (nSPS) is 11.7. The van der Waals surface area contributed by atoms with Gasteiger partial charge in [-0.1, -0.05) is 26.0 Å². The van der Waals surface area contributed by atoms with Gasteiger partial charge in [0.2, 0.25) is 11.8 Å². The zero-order valence-corrected chi connectivity index (χ0v) is 13.6. The first-order valence-corrected chi connectivity index (χ1v) is 6.91. The Morgan fingerprint density at radius 2 is 1.95 bits per heavy atom. The van der Waals surface area contributed by atoms with Crippen molar-refractivity contribution in [1.82, 2.24) is 5.32 Å². The fourth-order valence-corrected chi connectivity index (χ4v) is 1.81. The first kappa shape index (κ1) is 20.3. The highest BCUT2D eigenvalue weighted by atomic mass is 35.5. The minimum Gasteiger partial charge on any atom is -0.370 e. The average Bonchev–Trinajstić information content (AvgIpc) is 2.42. The Hall–Kier alpha value is -1.66. The summed E-state index contributed by atoms with van der Waals surface area (Å²) in [6.07, 6.45) is 0.224. The number of amides is 2. The van der Waals surface area contributed by atoms with E-state index in [1.54, 1.807) is 6.07 Å². The molecule has 5 nitrogen and oxygen atoms in total. The number of benzene rings is 1. The van der Waals surface area contributed by atoms with Gasteiger partial charge in [-0.3, -0.25) is 9.59 Å². The van der Waals surface area contributed by atoms with Gasteiger partial charge < -0.3 is 16.8 Å². The Labute approximate surface area is 136 Å². The van der Waals surface area contributed by atoms with Crippen LogP contribution in [0.15, 0.2) is 18.2 Å². The highest BCUT2D eigenvalue weighted by molar-refractivity contribution is 5.85. The molecular weight excluding hydrogens is 309 g/mol. The molecule has 1 rings (SSSR count). The lowest BCUT2D eigenvalue weighted by atomic mass is 10.0. The number of hydrogen-bond donors (Lipinski definition) is 3. The minimum absolute atomic E-state index is 0. The van der Waals surface area contributed by atoms with E-state index in [0.717, 1.165) is 5.56 Å². The molecule has 5 N–H and O–H groups in total. The summed E-state index contributed by atoms with van der Waals surface area (Å²) in [5, 5.41) is 2.56. The van der Waals surface area contributed by atoms with E-state index in [0.29, 0.717) is 5.56 Å². The van der Waals surface area contributed by atoms with Crippen LogP contribution in [0, 0.1) is 5.82 Å². The van der Waals surface area contributed by atoms with Crippen molar-refractivity contribution in [2.45, 2.75) is 45.2 Å². The zero-order chi connectivity index (χ0) is 16.0. The van der Waals surface area contributed by atoms with Crippen molar-refractivity contribution in [1.29, 1.82) is 0 Å². The van der Waals surface area contributed by atoms with E-state index >= 15 is 0 Å². The molecule has 0 saturated carbocycles. The van der Waals surface area contributed by atoms with Crippen LogP contribution in [-0.4, -0.2) is 17.9 Å². The molecule has 7 heteroatoms. The monoisotopic (exact) mass is 331 g/mol. The van der Waals surface area contributed by atoms with Crippen LogP contribution in [0.5, 0.6) is 0 Å². The molecule has 0 aromatic heterocycles. The van der Waals surface area contributed by atoms with Crippen molar-refractivity contribution in [3.05, 3.63) is 35.1 Å². The third kappa shape index (κ3) is 6.41. The summed E-state index contributed by atoms with van der Waals surface area (Å²) in [6.45, 7) is 4.02. The van der Waals surface area contributed by atoms with Crippen LogP contribution in [0.3, 0.4) is 0 Å². The maximum absolute atomic E-state index is 13.9. The SMILES string of the molecule is CC(C)c1ccc(CNC(=O)C(N)CCC(N)=O)c(F)c1.Cl. The van der Waals surface area contributed by atoms with Gasteiger partial charge in [-0.05, 0) is 24.0 Å². The molecule has 0 fully saturated rings. The molecule has 1 atom stereocenters. The summed E-state index contributed by atoms with van der Waals surface area (Å²) in [5.74, 6) is -1.05. The Morgan fingerprint density at radius 1 is 1.32 bits per heavy atom. The second kappa shape index (κ2) is 9.38. The van der Waals surface area contributed by atoms with Crippen LogP contribution in [0.25, 0.3) is 0 Å². The van der Waals surface area contributed by atoms with E-state index in [1.807, 2.05) is 19.9 Å². The lowest BCUT2D eigenvalue weighted by Gasteiger charge is -2.13. The van der Waals surface area contributed by atoms with Crippen LogP contribution >= 0.6 is 12.4 Å². The summed E-state index contributed by atoms with van der Waals surface area (Å²) in [7, 11) is 0. The standard InChI is InChI=1S/C15H22FN3O2.ClH/c1-9(2)10-3-4-11(12(16)7-10)8-19-15(21)13(17)5-6-14(18)20;/h3-4,7,9,13H,5-6,8,17H2,1-2H3,(H2,18,20)(H,19,21);1H. The molecule has 22 heavy (non-hydrogen) atoms. The highest BCUT2D eigenvalue weighted by Crippen LogP contribution is 2.17. The first-order valence-electron chi connectivity index (χ1n) is 6.91. The van der Waals surface area contributed by atoms with Gasteiger partial charge in [-0.25, -0.2) is 4.39 Å². The number of nitrogens with one attached hydrogen (secondary N) is 1. The molecule has 0 saturated heterocycles. The first-order chi connectivity index (χ1) is 9.81. The quantitative estimate of drug-likeness (QED) is 0.707. The van der Waals surface area contributed by atoms with Gasteiger partial charge in [-0.2, -0.15) is 0 Å². The molecule has 0 aliphatic carbocycles. The summed E-state index contributed by atoms with van der Waals surface area (Å²) < 4.78 is 13.9. The number of rotatable bonds is 7. The molecular formula is C15H23ClFN3O2. The number of carbonyl (C=O) groups excluding carboxylic acids is 2. The Morgan fingerprint density at radius 3 is 2.45 bits per heavy atom. The van der Waals surface area contributed by atoms with Crippen LogP contribution < -0.4 is 16.8 Å². The smallest absolute Gasteiger partial charge is 0.237 e. The highest BCUT2D eigenvalue weighted by Gasteiger charge is 2.15. The summed E-state index contributed by atoms with van der Waals surface area (Å²) >= 11 is 0. The van der Waals surface area contributed by atoms with Gasteiger partial charge in [0.15, 0.2) is 0 Å². The number of carbonyl (C=O) groups is 2. The molecule has 1 aromatic rings. The summed E-state index contributed by atoms with van der Waals surface area (Å²) in [5.41, 5.74) is 11.9. The van der Waals surface area contributed by atoms with E-state index < -0.39 is 17.9 Å². The van der Waals surface area contributed by atoms with E-state index in [4.69, 9.17) is 11.5 Å². The molecule has 0 bridgehead atoms. The summed E-state index contributed by atoms with van der Waals surface area (Å²) in [6, 6.07) is 4.14. The third-order valence-corrected chi connectivity index (χ3v) is 3.24. The van der Waals surface area contributed by atoms with Gasteiger partial charge in [0.05, 0.1) is 6.04 Å². The molecule has 1 aromatic carbocycles. The Balaban J connectivity index is 0.00000441. The average molecular weight is 332 g/mol. The Bertz CT molecular complexity index is 524.